The van der Waals surface area contributed by atoms with Crippen LogP contribution in [0.2, 0.25) is 0 Å². The number of carboxylic acid groups (broad SMARTS) is 1. The van der Waals surface area contributed by atoms with E-state index in [1.165, 1.54) is 4.90 Å². The lowest BCUT2D eigenvalue weighted by atomic mass is 10.2. The van der Waals surface area contributed by atoms with E-state index in [1.54, 1.807) is 14.0 Å². The highest BCUT2D eigenvalue weighted by Gasteiger charge is 2.12. The first-order valence-electron chi connectivity index (χ1n) is 5.74. The van der Waals surface area contributed by atoms with E-state index in [1.807, 2.05) is 0 Å². The van der Waals surface area contributed by atoms with Gasteiger partial charge in [-0.15, -0.1) is 0 Å². The van der Waals surface area contributed by atoms with E-state index in [4.69, 9.17) is 5.11 Å². The van der Waals surface area contributed by atoms with Gasteiger partial charge in [0.25, 0.3) is 0 Å². The smallest absolute Gasteiger partial charge is 0.324 e. The molecule has 0 saturated heterocycles. The maximum absolute atomic E-state index is 11.5. The van der Waals surface area contributed by atoms with Crippen LogP contribution in [-0.4, -0.2) is 41.5 Å². The Hall–Kier alpha value is -1.85. The van der Waals surface area contributed by atoms with Crippen molar-refractivity contribution < 1.29 is 19.5 Å². The SMILES string of the molecule is C=C(C)CN(C)C(=O)NC(=O)CCCCC(=O)O. The zero-order valence-electron chi connectivity index (χ0n) is 10.9. The summed E-state index contributed by atoms with van der Waals surface area (Å²) >= 11 is 0. The number of urea groups is 1. The van der Waals surface area contributed by atoms with Gasteiger partial charge in [0.15, 0.2) is 0 Å². The molecule has 0 spiro atoms. The monoisotopic (exact) mass is 256 g/mol. The molecule has 0 aliphatic heterocycles. The summed E-state index contributed by atoms with van der Waals surface area (Å²) in [5.41, 5.74) is 0.821. The Morgan fingerprint density at radius 2 is 1.78 bits per heavy atom. The number of hydrogen-bond acceptors (Lipinski definition) is 3. The zero-order valence-corrected chi connectivity index (χ0v) is 10.9. The van der Waals surface area contributed by atoms with E-state index in [-0.39, 0.29) is 18.7 Å². The molecule has 0 fully saturated rings. The van der Waals surface area contributed by atoms with Gasteiger partial charge in [-0.25, -0.2) is 4.79 Å². The lowest BCUT2D eigenvalue weighted by Gasteiger charge is -2.17. The molecule has 0 atom stereocenters. The van der Waals surface area contributed by atoms with Gasteiger partial charge in [0.05, 0.1) is 0 Å². The van der Waals surface area contributed by atoms with Crippen molar-refractivity contribution in [3.05, 3.63) is 12.2 Å². The second kappa shape index (κ2) is 8.27. The van der Waals surface area contributed by atoms with Gasteiger partial charge in [-0.2, -0.15) is 0 Å². The highest BCUT2D eigenvalue weighted by molar-refractivity contribution is 5.94. The van der Waals surface area contributed by atoms with Gasteiger partial charge >= 0.3 is 12.0 Å². The highest BCUT2D eigenvalue weighted by atomic mass is 16.4. The average molecular weight is 256 g/mol. The summed E-state index contributed by atoms with van der Waals surface area (Å²) < 4.78 is 0. The third-order valence-electron chi connectivity index (χ3n) is 2.14. The highest BCUT2D eigenvalue weighted by Crippen LogP contribution is 2.00. The van der Waals surface area contributed by atoms with Gasteiger partial charge in [-0.05, 0) is 19.8 Å². The standard InChI is InChI=1S/C12H20N2O4/c1-9(2)8-14(3)12(18)13-10(15)6-4-5-7-11(16)17/h1,4-8H2,2-3H3,(H,16,17)(H,13,15,18). The van der Waals surface area contributed by atoms with Crippen molar-refractivity contribution in [2.45, 2.75) is 32.6 Å². The third kappa shape index (κ3) is 8.32. The Morgan fingerprint density at radius 1 is 1.22 bits per heavy atom. The molecule has 0 heterocycles. The Morgan fingerprint density at radius 3 is 2.28 bits per heavy atom. The van der Waals surface area contributed by atoms with Gasteiger partial charge in [0.2, 0.25) is 5.91 Å². The fourth-order valence-electron chi connectivity index (χ4n) is 1.32. The number of carbonyl (C=O) groups excluding carboxylic acids is 2. The van der Waals surface area contributed by atoms with Crippen LogP contribution < -0.4 is 5.32 Å². The van der Waals surface area contributed by atoms with E-state index in [2.05, 4.69) is 11.9 Å². The van der Waals surface area contributed by atoms with Crippen molar-refractivity contribution in [3.63, 3.8) is 0 Å². The molecule has 0 radical (unpaired) electrons. The van der Waals surface area contributed by atoms with Gasteiger partial charge in [-0.3, -0.25) is 14.9 Å². The quantitative estimate of drug-likeness (QED) is 0.532. The van der Waals surface area contributed by atoms with Crippen LogP contribution in [-0.2, 0) is 9.59 Å². The number of nitrogens with one attached hydrogen (secondary N) is 1. The normalized spacial score (nSPS) is 9.67. The number of likely N-dealkylation sites (N-methyl/N-ethyl adjacent to an activating group) is 1. The van der Waals surface area contributed by atoms with Crippen LogP contribution >= 0.6 is 0 Å². The largest absolute Gasteiger partial charge is 0.481 e. The number of aliphatic carboxylic acids is 1. The van der Waals surface area contributed by atoms with E-state index < -0.39 is 12.0 Å². The summed E-state index contributed by atoms with van der Waals surface area (Å²) in [6.07, 6.45) is 1.07. The number of imide groups is 1. The van der Waals surface area contributed by atoms with E-state index in [0.717, 1.165) is 5.57 Å². The molecule has 0 unspecified atom stereocenters. The minimum Gasteiger partial charge on any atom is -0.481 e. The number of carboxylic acids is 1. The van der Waals surface area contributed by atoms with E-state index in [9.17, 15) is 14.4 Å². The molecule has 0 bridgehead atoms. The first-order chi connectivity index (χ1) is 8.32. The van der Waals surface area contributed by atoms with Crippen LogP contribution in [0.25, 0.3) is 0 Å². The first-order valence-corrected chi connectivity index (χ1v) is 5.74. The van der Waals surface area contributed by atoms with Crippen LogP contribution in [0.5, 0.6) is 0 Å². The van der Waals surface area contributed by atoms with Crippen LogP contribution in [0.3, 0.4) is 0 Å². The molecule has 6 heteroatoms. The minimum absolute atomic E-state index is 0.0385. The summed E-state index contributed by atoms with van der Waals surface area (Å²) in [5.74, 6) is -1.27. The summed E-state index contributed by atoms with van der Waals surface area (Å²) in [6.45, 7) is 5.85. The number of unbranched alkanes of at least 4 members (excludes halogenated alkanes) is 1. The topological polar surface area (TPSA) is 86.7 Å². The van der Waals surface area contributed by atoms with Crippen molar-refractivity contribution in [2.24, 2.45) is 0 Å². The van der Waals surface area contributed by atoms with Crippen LogP contribution in [0, 0.1) is 0 Å². The molecule has 0 aliphatic carbocycles. The Kier molecular flexibility index (Phi) is 7.42. The van der Waals surface area contributed by atoms with Crippen molar-refractivity contribution in [1.82, 2.24) is 10.2 Å². The van der Waals surface area contributed by atoms with Gasteiger partial charge in [0, 0.05) is 26.4 Å². The Bertz CT molecular complexity index is 339. The molecule has 0 aliphatic rings. The molecule has 2 N–H and O–H groups in total. The molecule has 18 heavy (non-hydrogen) atoms. The average Bonchev–Trinajstić information content (AvgIpc) is 2.23. The molecule has 102 valence electrons. The molecule has 0 aromatic carbocycles. The second-order valence-electron chi connectivity index (χ2n) is 4.27. The first kappa shape index (κ1) is 16.1. The van der Waals surface area contributed by atoms with Crippen molar-refractivity contribution in [3.8, 4) is 0 Å². The van der Waals surface area contributed by atoms with E-state index >= 15 is 0 Å². The molecule has 0 saturated carbocycles. The third-order valence-corrected chi connectivity index (χ3v) is 2.14. The summed E-state index contributed by atoms with van der Waals surface area (Å²) in [4.78, 5) is 34.5. The zero-order chi connectivity index (χ0) is 14.1. The molecule has 0 rings (SSSR count). The predicted octanol–water partition coefficient (Wildman–Crippen LogP) is 1.38. The van der Waals surface area contributed by atoms with Gasteiger partial charge in [0.1, 0.15) is 0 Å². The second-order valence-corrected chi connectivity index (χ2v) is 4.27. The fraction of sp³-hybridized carbons (Fsp3) is 0.583. The lowest BCUT2D eigenvalue weighted by Crippen LogP contribution is -2.41. The number of hydrogen-bond donors (Lipinski definition) is 2. The van der Waals surface area contributed by atoms with Gasteiger partial charge in [-0.1, -0.05) is 12.2 Å². The lowest BCUT2D eigenvalue weighted by molar-refractivity contribution is -0.137. The van der Waals surface area contributed by atoms with Crippen molar-refractivity contribution >= 4 is 17.9 Å². The molecule has 0 aromatic rings. The van der Waals surface area contributed by atoms with Crippen LogP contribution in [0.15, 0.2) is 12.2 Å². The molecular formula is C12H20N2O4. The molecule has 0 aromatic heterocycles. The summed E-state index contributed by atoms with van der Waals surface area (Å²) in [6, 6.07) is -0.471. The summed E-state index contributed by atoms with van der Waals surface area (Å²) in [7, 11) is 1.57. The maximum Gasteiger partial charge on any atom is 0.324 e. The molecule has 3 amide bonds. The number of nitrogens with zero attached hydrogens (tertiary/aromatic N) is 1. The summed E-state index contributed by atoms with van der Waals surface area (Å²) in [5, 5.41) is 10.6. The minimum atomic E-state index is -0.882. The van der Waals surface area contributed by atoms with Gasteiger partial charge < -0.3 is 10.0 Å². The van der Waals surface area contributed by atoms with Crippen molar-refractivity contribution in [1.29, 1.82) is 0 Å². The number of rotatable bonds is 7. The maximum atomic E-state index is 11.5. The van der Waals surface area contributed by atoms with E-state index in [0.29, 0.717) is 19.4 Å². The number of carbonyl (C=O) groups is 3. The Balaban J connectivity index is 3.83. The van der Waals surface area contributed by atoms with Crippen molar-refractivity contribution in [2.75, 3.05) is 13.6 Å². The van der Waals surface area contributed by atoms with Crippen LogP contribution in [0.1, 0.15) is 32.6 Å². The fourth-order valence-corrected chi connectivity index (χ4v) is 1.32. The Labute approximate surface area is 107 Å². The van der Waals surface area contributed by atoms with Crippen LogP contribution in [0.4, 0.5) is 4.79 Å². The molecule has 6 nitrogen and oxygen atoms in total. The predicted molar refractivity (Wildman–Crippen MR) is 67.1 cm³/mol. The number of amides is 3. The molecular weight excluding hydrogens is 236 g/mol.